The van der Waals surface area contributed by atoms with E-state index in [1.54, 1.807) is 38.3 Å². The van der Waals surface area contributed by atoms with Crippen LogP contribution >= 0.6 is 0 Å². The Bertz CT molecular complexity index is 721. The molecule has 1 N–H and O–H groups in total. The minimum absolute atomic E-state index is 0.271. The lowest BCUT2D eigenvalue weighted by Crippen LogP contribution is -2.20. The van der Waals surface area contributed by atoms with Crippen LogP contribution in [0, 0.1) is 6.92 Å². The third kappa shape index (κ3) is 4.99. The fourth-order valence-electron chi connectivity index (χ4n) is 1.75. The molecule has 23 heavy (non-hydrogen) atoms. The first-order valence-electron chi connectivity index (χ1n) is 6.79. The quantitative estimate of drug-likeness (QED) is 0.649. The smallest absolute Gasteiger partial charge is 0.331 e. The standard InChI is InChI=1S/C16H16N2O5/c1-11-9-14(18-23-11)17-15(19)10-22-16(20)8-7-12-5-3-4-6-13(12)21-2/h3-9H,10H2,1-2H3,(H,17,18,19)/b8-7+. The molecule has 120 valence electrons. The van der Waals surface area contributed by atoms with Gasteiger partial charge in [0.05, 0.1) is 7.11 Å². The second kappa shape index (κ2) is 7.79. The number of ether oxygens (including phenoxy) is 2. The van der Waals surface area contributed by atoms with Crippen molar-refractivity contribution < 1.29 is 23.6 Å². The van der Waals surface area contributed by atoms with Crippen molar-refractivity contribution >= 4 is 23.8 Å². The van der Waals surface area contributed by atoms with Gasteiger partial charge in [-0.25, -0.2) is 4.79 Å². The van der Waals surface area contributed by atoms with Crippen LogP contribution in [0.2, 0.25) is 0 Å². The highest BCUT2D eigenvalue weighted by molar-refractivity contribution is 5.94. The first-order chi connectivity index (χ1) is 11.1. The second-order valence-electron chi connectivity index (χ2n) is 4.55. The number of methoxy groups -OCH3 is 1. The fourth-order valence-corrected chi connectivity index (χ4v) is 1.75. The molecule has 0 radical (unpaired) electrons. The largest absolute Gasteiger partial charge is 0.496 e. The average molecular weight is 316 g/mol. The minimum atomic E-state index is -0.637. The number of benzene rings is 1. The summed E-state index contributed by atoms with van der Waals surface area (Å²) in [7, 11) is 1.54. The van der Waals surface area contributed by atoms with Gasteiger partial charge < -0.3 is 19.3 Å². The number of nitrogens with one attached hydrogen (secondary N) is 1. The maximum Gasteiger partial charge on any atom is 0.331 e. The van der Waals surface area contributed by atoms with Gasteiger partial charge in [-0.3, -0.25) is 4.79 Å². The lowest BCUT2D eigenvalue weighted by molar-refractivity contribution is -0.142. The third-order valence-electron chi connectivity index (χ3n) is 2.78. The number of esters is 1. The minimum Gasteiger partial charge on any atom is -0.496 e. The Morgan fingerprint density at radius 3 is 2.83 bits per heavy atom. The Labute approximate surface area is 132 Å². The molecule has 7 nitrogen and oxygen atoms in total. The molecule has 0 saturated heterocycles. The normalized spacial score (nSPS) is 10.5. The highest BCUT2D eigenvalue weighted by atomic mass is 16.5. The van der Waals surface area contributed by atoms with Gasteiger partial charge in [-0.05, 0) is 19.1 Å². The molecule has 0 aliphatic heterocycles. The SMILES string of the molecule is COc1ccccc1/C=C/C(=O)OCC(=O)Nc1cc(C)on1. The number of carbonyl (C=O) groups excluding carboxylic acids is 2. The van der Waals surface area contributed by atoms with Crippen LogP contribution in [-0.2, 0) is 14.3 Å². The molecule has 0 aliphatic rings. The molecule has 1 amide bonds. The highest BCUT2D eigenvalue weighted by Gasteiger charge is 2.08. The number of hydrogen-bond donors (Lipinski definition) is 1. The van der Waals surface area contributed by atoms with E-state index in [1.807, 2.05) is 12.1 Å². The van der Waals surface area contributed by atoms with Crippen LogP contribution in [0.25, 0.3) is 6.08 Å². The van der Waals surface area contributed by atoms with Gasteiger partial charge in [-0.1, -0.05) is 23.4 Å². The molecular formula is C16H16N2O5. The van der Waals surface area contributed by atoms with Crippen molar-refractivity contribution in [3.8, 4) is 5.75 Å². The van der Waals surface area contributed by atoms with Gasteiger partial charge in [0.1, 0.15) is 11.5 Å². The van der Waals surface area contributed by atoms with Crippen molar-refractivity contribution in [2.75, 3.05) is 19.0 Å². The van der Waals surface area contributed by atoms with E-state index in [1.165, 1.54) is 6.08 Å². The van der Waals surface area contributed by atoms with Crippen molar-refractivity contribution in [1.29, 1.82) is 0 Å². The Hall–Kier alpha value is -3.09. The Balaban J connectivity index is 1.82. The summed E-state index contributed by atoms with van der Waals surface area (Å²) >= 11 is 0. The number of carbonyl (C=O) groups is 2. The third-order valence-corrected chi connectivity index (χ3v) is 2.78. The van der Waals surface area contributed by atoms with Crippen LogP contribution in [0.3, 0.4) is 0 Å². The number of hydrogen-bond acceptors (Lipinski definition) is 6. The summed E-state index contributed by atoms with van der Waals surface area (Å²) in [5.74, 6) is 0.334. The number of aryl methyl sites for hydroxylation is 1. The van der Waals surface area contributed by atoms with Gasteiger partial charge in [-0.2, -0.15) is 0 Å². The molecule has 0 bridgehead atoms. The lowest BCUT2D eigenvalue weighted by Gasteiger charge is -2.04. The van der Waals surface area contributed by atoms with Crippen LogP contribution in [-0.4, -0.2) is 30.7 Å². The number of anilines is 1. The molecule has 1 aromatic heterocycles. The van der Waals surface area contributed by atoms with E-state index in [0.29, 0.717) is 11.5 Å². The van der Waals surface area contributed by atoms with Crippen molar-refractivity contribution in [2.24, 2.45) is 0 Å². The summed E-state index contributed by atoms with van der Waals surface area (Å²) in [4.78, 5) is 23.2. The zero-order valence-electron chi connectivity index (χ0n) is 12.7. The molecule has 2 rings (SSSR count). The van der Waals surface area contributed by atoms with E-state index in [0.717, 1.165) is 5.56 Å². The molecule has 7 heteroatoms. The van der Waals surface area contributed by atoms with E-state index in [2.05, 4.69) is 10.5 Å². The van der Waals surface area contributed by atoms with Crippen molar-refractivity contribution in [3.05, 3.63) is 47.7 Å². The predicted octanol–water partition coefficient (Wildman–Crippen LogP) is 2.19. The fraction of sp³-hybridized carbons (Fsp3) is 0.188. The van der Waals surface area contributed by atoms with Gasteiger partial charge in [0, 0.05) is 17.7 Å². The van der Waals surface area contributed by atoms with Crippen molar-refractivity contribution in [3.63, 3.8) is 0 Å². The number of rotatable bonds is 6. The van der Waals surface area contributed by atoms with E-state index in [9.17, 15) is 9.59 Å². The molecule has 0 spiro atoms. The Kier molecular flexibility index (Phi) is 5.51. The predicted molar refractivity (Wildman–Crippen MR) is 82.9 cm³/mol. The number of aromatic nitrogens is 1. The topological polar surface area (TPSA) is 90.7 Å². The summed E-state index contributed by atoms with van der Waals surface area (Å²) in [5.41, 5.74) is 0.731. The van der Waals surface area contributed by atoms with Crippen LogP contribution in [0.1, 0.15) is 11.3 Å². The maximum atomic E-state index is 11.6. The molecule has 0 aliphatic carbocycles. The Morgan fingerprint density at radius 1 is 1.35 bits per heavy atom. The number of nitrogens with zero attached hydrogens (tertiary/aromatic N) is 1. The van der Waals surface area contributed by atoms with E-state index < -0.39 is 18.5 Å². The van der Waals surface area contributed by atoms with Crippen LogP contribution in [0.15, 0.2) is 40.9 Å². The second-order valence-corrected chi connectivity index (χ2v) is 4.55. The monoisotopic (exact) mass is 316 g/mol. The maximum absolute atomic E-state index is 11.6. The highest BCUT2D eigenvalue weighted by Crippen LogP contribution is 2.18. The van der Waals surface area contributed by atoms with Crippen molar-refractivity contribution in [2.45, 2.75) is 6.92 Å². The van der Waals surface area contributed by atoms with Gasteiger partial charge in [0.25, 0.3) is 5.91 Å². The molecule has 1 aromatic carbocycles. The Morgan fingerprint density at radius 2 is 2.13 bits per heavy atom. The molecule has 2 aromatic rings. The summed E-state index contributed by atoms with van der Waals surface area (Å²) in [6.07, 6.45) is 2.78. The van der Waals surface area contributed by atoms with Gasteiger partial charge in [-0.15, -0.1) is 0 Å². The summed E-state index contributed by atoms with van der Waals surface area (Å²) in [5, 5.41) is 6.05. The summed E-state index contributed by atoms with van der Waals surface area (Å²) < 4.78 is 14.8. The molecule has 0 unspecified atom stereocenters. The zero-order valence-corrected chi connectivity index (χ0v) is 12.7. The van der Waals surface area contributed by atoms with E-state index in [4.69, 9.17) is 14.0 Å². The first-order valence-corrected chi connectivity index (χ1v) is 6.79. The molecule has 0 saturated carbocycles. The first kappa shape index (κ1) is 16.3. The summed E-state index contributed by atoms with van der Waals surface area (Å²) in [6, 6.07) is 8.77. The van der Waals surface area contributed by atoms with Gasteiger partial charge in [0.2, 0.25) is 0 Å². The van der Waals surface area contributed by atoms with Gasteiger partial charge >= 0.3 is 5.97 Å². The molecule has 0 fully saturated rings. The summed E-state index contributed by atoms with van der Waals surface area (Å²) in [6.45, 7) is 1.28. The van der Waals surface area contributed by atoms with Crippen LogP contribution in [0.4, 0.5) is 5.82 Å². The molecular weight excluding hydrogens is 300 g/mol. The number of para-hydroxylation sites is 1. The lowest BCUT2D eigenvalue weighted by atomic mass is 10.2. The molecule has 1 heterocycles. The zero-order chi connectivity index (χ0) is 16.7. The van der Waals surface area contributed by atoms with Crippen LogP contribution < -0.4 is 10.1 Å². The molecule has 0 atom stereocenters. The van der Waals surface area contributed by atoms with E-state index in [-0.39, 0.29) is 5.82 Å². The number of amides is 1. The van der Waals surface area contributed by atoms with Crippen LogP contribution in [0.5, 0.6) is 5.75 Å². The van der Waals surface area contributed by atoms with E-state index >= 15 is 0 Å². The van der Waals surface area contributed by atoms with Gasteiger partial charge in [0.15, 0.2) is 12.4 Å². The van der Waals surface area contributed by atoms with Crippen molar-refractivity contribution in [1.82, 2.24) is 5.16 Å². The average Bonchev–Trinajstić information content (AvgIpc) is 2.96.